The van der Waals surface area contributed by atoms with Crippen LogP contribution in [0.3, 0.4) is 0 Å². The van der Waals surface area contributed by atoms with Gasteiger partial charge >= 0.3 is 0 Å². The molecule has 1 aliphatic heterocycles. The summed E-state index contributed by atoms with van der Waals surface area (Å²) in [7, 11) is 0. The molecule has 0 amide bonds. The summed E-state index contributed by atoms with van der Waals surface area (Å²) in [5.41, 5.74) is 6.47. The number of anilines is 1. The first-order valence-corrected chi connectivity index (χ1v) is 15.1. The second-order valence-electron chi connectivity index (χ2n) is 11.2. The number of hydrazone groups is 1. The van der Waals surface area contributed by atoms with E-state index >= 15 is 0 Å². The Labute approximate surface area is 265 Å². The van der Waals surface area contributed by atoms with Crippen molar-refractivity contribution in [3.8, 4) is 22.4 Å². The molecule has 0 fully saturated rings. The zero-order valence-electron chi connectivity index (χ0n) is 25.0. The van der Waals surface area contributed by atoms with Gasteiger partial charge in [-0.05, 0) is 53.1 Å². The third-order valence-corrected chi connectivity index (χ3v) is 8.47. The van der Waals surface area contributed by atoms with Crippen molar-refractivity contribution in [2.75, 3.05) is 11.7 Å². The smallest absolute Gasteiger partial charge is 0.205 e. The number of benzene rings is 4. The van der Waals surface area contributed by atoms with Crippen molar-refractivity contribution in [1.82, 2.24) is 19.2 Å². The SMILES string of the molecule is CC1=NN(c2cnc3ccc(-c4cn(C(c5ccccc5)(c5ccccc5)c5ccccc5)nc4-c4ccc(F)cc4)cn23)CO1. The lowest BCUT2D eigenvalue weighted by molar-refractivity contribution is 0.334. The van der Waals surface area contributed by atoms with E-state index in [0.717, 1.165) is 50.5 Å². The molecule has 0 unspecified atom stereocenters. The quantitative estimate of drug-likeness (QED) is 0.173. The first-order chi connectivity index (χ1) is 22.6. The average molecular weight is 605 g/mol. The highest BCUT2D eigenvalue weighted by Crippen LogP contribution is 2.43. The Morgan fingerprint density at radius 3 is 1.85 bits per heavy atom. The summed E-state index contributed by atoms with van der Waals surface area (Å²) in [4.78, 5) is 4.61. The number of ether oxygens (including phenoxy) is 1. The predicted octanol–water partition coefficient (Wildman–Crippen LogP) is 7.97. The van der Waals surface area contributed by atoms with E-state index in [1.807, 2.05) is 47.9 Å². The number of hydrogen-bond donors (Lipinski definition) is 0. The molecule has 7 nitrogen and oxygen atoms in total. The molecular weight excluding hydrogens is 575 g/mol. The van der Waals surface area contributed by atoms with Crippen LogP contribution in [0.1, 0.15) is 23.6 Å². The number of aromatic nitrogens is 4. The van der Waals surface area contributed by atoms with Gasteiger partial charge in [0.25, 0.3) is 0 Å². The Bertz CT molecular complexity index is 2080. The van der Waals surface area contributed by atoms with Crippen LogP contribution in [0.25, 0.3) is 28.0 Å². The molecule has 8 heteroatoms. The van der Waals surface area contributed by atoms with E-state index in [0.29, 0.717) is 12.6 Å². The van der Waals surface area contributed by atoms with Gasteiger partial charge in [0.1, 0.15) is 22.7 Å². The Morgan fingerprint density at radius 1 is 0.696 bits per heavy atom. The minimum atomic E-state index is -0.819. The summed E-state index contributed by atoms with van der Waals surface area (Å²) in [5, 5.41) is 11.7. The number of pyridine rings is 1. The van der Waals surface area contributed by atoms with E-state index in [2.05, 4.69) is 93.8 Å². The highest BCUT2D eigenvalue weighted by atomic mass is 19.1. The van der Waals surface area contributed by atoms with Gasteiger partial charge in [0, 0.05) is 36.0 Å². The Balaban J connectivity index is 1.42. The Morgan fingerprint density at radius 2 is 1.28 bits per heavy atom. The number of fused-ring (bicyclic) bond motifs is 1. The van der Waals surface area contributed by atoms with Crippen molar-refractivity contribution in [3.63, 3.8) is 0 Å². The molecule has 4 heterocycles. The third kappa shape index (κ3) is 4.54. The monoisotopic (exact) mass is 604 g/mol. The highest BCUT2D eigenvalue weighted by Gasteiger charge is 2.40. The molecule has 46 heavy (non-hydrogen) atoms. The standard InChI is InChI=1S/C38H29FN6O/c1-27-41-44(26-46-27)36-23-40-35-22-19-29(24-43(35)36)34-25-45(42-37(34)28-17-20-33(39)21-18-28)38(30-11-5-2-6-12-30,31-13-7-3-8-14-31)32-15-9-4-10-16-32/h2-25H,26H2,1H3. The molecule has 3 aromatic heterocycles. The van der Waals surface area contributed by atoms with E-state index < -0.39 is 5.54 Å². The lowest BCUT2D eigenvalue weighted by Crippen LogP contribution is -2.38. The van der Waals surface area contributed by atoms with Gasteiger partial charge in [-0.25, -0.2) is 14.4 Å². The molecule has 0 aliphatic carbocycles. The summed E-state index contributed by atoms with van der Waals surface area (Å²) in [6, 6.07) is 41.8. The van der Waals surface area contributed by atoms with Crippen molar-refractivity contribution >= 4 is 17.4 Å². The summed E-state index contributed by atoms with van der Waals surface area (Å²) in [6.45, 7) is 2.15. The topological polar surface area (TPSA) is 60.0 Å². The van der Waals surface area contributed by atoms with Crippen LogP contribution < -0.4 is 5.01 Å². The maximum absolute atomic E-state index is 14.2. The number of rotatable bonds is 7. The molecular formula is C38H29FN6O. The van der Waals surface area contributed by atoms with Crippen LogP contribution in [0.4, 0.5) is 10.2 Å². The maximum Gasteiger partial charge on any atom is 0.205 e. The highest BCUT2D eigenvalue weighted by molar-refractivity contribution is 5.81. The lowest BCUT2D eigenvalue weighted by Gasteiger charge is -2.36. The molecule has 0 spiro atoms. The van der Waals surface area contributed by atoms with E-state index in [1.54, 1.807) is 23.3 Å². The summed E-state index contributed by atoms with van der Waals surface area (Å²) >= 11 is 0. The minimum Gasteiger partial charge on any atom is -0.457 e. The molecule has 0 saturated heterocycles. The number of imidazole rings is 1. The van der Waals surface area contributed by atoms with Gasteiger partial charge in [-0.3, -0.25) is 9.08 Å². The van der Waals surface area contributed by atoms with Crippen LogP contribution >= 0.6 is 0 Å². The number of halogens is 1. The predicted molar refractivity (Wildman–Crippen MR) is 178 cm³/mol. The molecule has 0 atom stereocenters. The van der Waals surface area contributed by atoms with Crippen LogP contribution in [0, 0.1) is 5.82 Å². The first kappa shape index (κ1) is 27.5. The van der Waals surface area contributed by atoms with Crippen LogP contribution in [0.5, 0.6) is 0 Å². The largest absolute Gasteiger partial charge is 0.457 e. The molecule has 1 aliphatic rings. The fraction of sp³-hybridized carbons (Fsp3) is 0.0789. The van der Waals surface area contributed by atoms with E-state index in [1.165, 1.54) is 12.1 Å². The molecule has 0 saturated carbocycles. The van der Waals surface area contributed by atoms with Gasteiger partial charge in [-0.15, -0.1) is 5.10 Å². The minimum absolute atomic E-state index is 0.301. The molecule has 7 aromatic rings. The molecule has 4 aromatic carbocycles. The molecule has 0 N–H and O–H groups in total. The number of hydrogen-bond acceptors (Lipinski definition) is 5. The fourth-order valence-corrected chi connectivity index (χ4v) is 6.33. The summed E-state index contributed by atoms with van der Waals surface area (Å²) < 4.78 is 23.8. The summed E-state index contributed by atoms with van der Waals surface area (Å²) in [5.74, 6) is 1.09. The van der Waals surface area contributed by atoms with Gasteiger partial charge in [-0.2, -0.15) is 5.10 Å². The lowest BCUT2D eigenvalue weighted by atomic mass is 9.77. The Kier molecular flexibility index (Phi) is 6.68. The Hall–Kier alpha value is -6.02. The van der Waals surface area contributed by atoms with Crippen LogP contribution in [0.15, 0.2) is 151 Å². The maximum atomic E-state index is 14.2. The van der Waals surface area contributed by atoms with Crippen molar-refractivity contribution in [3.05, 3.63) is 168 Å². The molecule has 224 valence electrons. The van der Waals surface area contributed by atoms with Crippen molar-refractivity contribution in [2.45, 2.75) is 12.5 Å². The van der Waals surface area contributed by atoms with Crippen molar-refractivity contribution < 1.29 is 9.13 Å². The van der Waals surface area contributed by atoms with Crippen molar-refractivity contribution in [1.29, 1.82) is 0 Å². The fourth-order valence-electron chi connectivity index (χ4n) is 6.33. The molecule has 8 rings (SSSR count). The van der Waals surface area contributed by atoms with E-state index in [9.17, 15) is 4.39 Å². The summed E-state index contributed by atoms with van der Waals surface area (Å²) in [6.07, 6.45) is 5.94. The van der Waals surface area contributed by atoms with Gasteiger partial charge in [0.15, 0.2) is 12.5 Å². The van der Waals surface area contributed by atoms with Gasteiger partial charge in [0.05, 0.1) is 6.20 Å². The number of nitrogens with zero attached hydrogens (tertiary/aromatic N) is 6. The van der Waals surface area contributed by atoms with Gasteiger partial charge in [-0.1, -0.05) is 91.0 Å². The second kappa shape index (κ2) is 11.2. The zero-order valence-corrected chi connectivity index (χ0v) is 25.0. The van der Waals surface area contributed by atoms with E-state index in [-0.39, 0.29) is 5.82 Å². The van der Waals surface area contributed by atoms with E-state index in [4.69, 9.17) is 9.84 Å². The average Bonchev–Trinajstić information content (AvgIpc) is 3.85. The third-order valence-electron chi connectivity index (χ3n) is 8.47. The zero-order chi connectivity index (χ0) is 31.1. The van der Waals surface area contributed by atoms with Crippen molar-refractivity contribution in [2.24, 2.45) is 5.10 Å². The van der Waals surface area contributed by atoms with Crippen LogP contribution in [-0.2, 0) is 10.3 Å². The normalized spacial score (nSPS) is 13.2. The second-order valence-corrected chi connectivity index (χ2v) is 11.2. The molecule has 0 bridgehead atoms. The first-order valence-electron chi connectivity index (χ1n) is 15.1. The van der Waals surface area contributed by atoms with Gasteiger partial charge < -0.3 is 4.74 Å². The van der Waals surface area contributed by atoms with Crippen LogP contribution in [0.2, 0.25) is 0 Å². The van der Waals surface area contributed by atoms with Crippen LogP contribution in [-0.4, -0.2) is 31.8 Å². The van der Waals surface area contributed by atoms with Gasteiger partial charge in [0.2, 0.25) is 5.90 Å². The molecule has 0 radical (unpaired) electrons.